The monoisotopic (exact) mass is 278 g/mol. The molecule has 2 aromatic rings. The highest BCUT2D eigenvalue weighted by molar-refractivity contribution is 5.31. The van der Waals surface area contributed by atoms with Crippen LogP contribution in [0.1, 0.15) is 22.8 Å². The molecule has 0 spiro atoms. The molecule has 1 unspecified atom stereocenters. The van der Waals surface area contributed by atoms with Gasteiger partial charge in [0.15, 0.2) is 11.6 Å². The number of benzene rings is 2. The first-order valence-electron chi connectivity index (χ1n) is 6.27. The van der Waals surface area contributed by atoms with Gasteiger partial charge in [0.05, 0.1) is 13.2 Å². The van der Waals surface area contributed by atoms with Gasteiger partial charge in [-0.3, -0.25) is 0 Å². The number of aliphatic hydroxyl groups excluding tert-OH is 1. The van der Waals surface area contributed by atoms with Crippen LogP contribution in [0, 0.1) is 18.6 Å². The molecule has 4 heteroatoms. The molecule has 0 heterocycles. The van der Waals surface area contributed by atoms with Crippen molar-refractivity contribution in [3.63, 3.8) is 0 Å². The van der Waals surface area contributed by atoms with Crippen molar-refractivity contribution in [1.82, 2.24) is 0 Å². The third kappa shape index (κ3) is 3.33. The fraction of sp³-hybridized carbons (Fsp3) is 0.250. The molecular formula is C16H16F2O2. The quantitative estimate of drug-likeness (QED) is 0.926. The Morgan fingerprint density at radius 2 is 1.90 bits per heavy atom. The molecule has 0 aliphatic rings. The van der Waals surface area contributed by atoms with Gasteiger partial charge in [-0.2, -0.15) is 0 Å². The van der Waals surface area contributed by atoms with Crippen LogP contribution in [0.25, 0.3) is 0 Å². The first-order valence-corrected chi connectivity index (χ1v) is 6.27. The van der Waals surface area contributed by atoms with E-state index in [-0.39, 0.29) is 18.0 Å². The van der Waals surface area contributed by atoms with E-state index in [1.165, 1.54) is 31.4 Å². The fourth-order valence-electron chi connectivity index (χ4n) is 2.13. The molecule has 0 bridgehead atoms. The van der Waals surface area contributed by atoms with Gasteiger partial charge in [0.1, 0.15) is 5.82 Å². The summed E-state index contributed by atoms with van der Waals surface area (Å²) in [6.45, 7) is 1.76. The summed E-state index contributed by atoms with van der Waals surface area (Å²) in [4.78, 5) is 0. The average molecular weight is 278 g/mol. The van der Waals surface area contributed by atoms with E-state index in [9.17, 15) is 13.9 Å². The Hall–Kier alpha value is -1.94. The maximum atomic E-state index is 13.6. The van der Waals surface area contributed by atoms with Gasteiger partial charge >= 0.3 is 0 Å². The van der Waals surface area contributed by atoms with Gasteiger partial charge in [0.25, 0.3) is 0 Å². The second-order valence-corrected chi connectivity index (χ2v) is 4.75. The highest BCUT2D eigenvalue weighted by Crippen LogP contribution is 2.23. The van der Waals surface area contributed by atoms with Crippen molar-refractivity contribution in [3.05, 3.63) is 64.7 Å². The normalized spacial score (nSPS) is 12.2. The summed E-state index contributed by atoms with van der Waals surface area (Å²) in [6, 6.07) is 8.90. The number of rotatable bonds is 4. The van der Waals surface area contributed by atoms with Gasteiger partial charge in [0, 0.05) is 6.42 Å². The van der Waals surface area contributed by atoms with Gasteiger partial charge in [-0.1, -0.05) is 12.1 Å². The summed E-state index contributed by atoms with van der Waals surface area (Å²) < 4.78 is 31.7. The lowest BCUT2D eigenvalue weighted by atomic mass is 9.99. The van der Waals surface area contributed by atoms with Crippen LogP contribution < -0.4 is 4.74 Å². The minimum atomic E-state index is -0.878. The maximum absolute atomic E-state index is 13.6. The average Bonchev–Trinajstić information content (AvgIpc) is 2.37. The first kappa shape index (κ1) is 14.5. The van der Waals surface area contributed by atoms with E-state index in [2.05, 4.69) is 0 Å². The van der Waals surface area contributed by atoms with Crippen LogP contribution in [0.4, 0.5) is 8.78 Å². The third-order valence-electron chi connectivity index (χ3n) is 3.09. The van der Waals surface area contributed by atoms with Crippen LogP contribution in [-0.2, 0) is 6.42 Å². The van der Waals surface area contributed by atoms with Gasteiger partial charge in [-0.25, -0.2) is 8.78 Å². The molecular weight excluding hydrogens is 262 g/mol. The van der Waals surface area contributed by atoms with E-state index in [0.717, 1.165) is 5.56 Å². The van der Waals surface area contributed by atoms with Crippen molar-refractivity contribution >= 4 is 0 Å². The van der Waals surface area contributed by atoms with Gasteiger partial charge in [0.2, 0.25) is 0 Å². The number of ether oxygens (including phenoxy) is 1. The molecule has 1 atom stereocenters. The molecule has 0 aliphatic carbocycles. The van der Waals surface area contributed by atoms with Crippen molar-refractivity contribution in [1.29, 1.82) is 0 Å². The largest absolute Gasteiger partial charge is 0.494 e. The molecule has 20 heavy (non-hydrogen) atoms. The highest BCUT2D eigenvalue weighted by atomic mass is 19.1. The SMILES string of the molecule is COc1ccc(CC(O)c2cc(C)cc(F)c2)cc1F. The Kier molecular flexibility index (Phi) is 4.35. The van der Waals surface area contributed by atoms with E-state index in [0.29, 0.717) is 11.1 Å². The number of hydrogen-bond acceptors (Lipinski definition) is 2. The summed E-state index contributed by atoms with van der Waals surface area (Å²) in [5, 5.41) is 10.1. The van der Waals surface area contributed by atoms with E-state index in [1.54, 1.807) is 19.1 Å². The van der Waals surface area contributed by atoms with E-state index in [1.807, 2.05) is 0 Å². The van der Waals surface area contributed by atoms with Crippen molar-refractivity contribution in [2.75, 3.05) is 7.11 Å². The summed E-state index contributed by atoms with van der Waals surface area (Å²) in [6.07, 6.45) is -0.665. The Balaban J connectivity index is 2.18. The molecule has 2 aromatic carbocycles. The molecule has 1 N–H and O–H groups in total. The zero-order valence-electron chi connectivity index (χ0n) is 11.4. The molecule has 2 nitrogen and oxygen atoms in total. The Morgan fingerprint density at radius 1 is 1.15 bits per heavy atom. The third-order valence-corrected chi connectivity index (χ3v) is 3.09. The number of aliphatic hydroxyl groups is 1. The van der Waals surface area contributed by atoms with Gasteiger partial charge < -0.3 is 9.84 Å². The van der Waals surface area contributed by atoms with Crippen molar-refractivity contribution in [2.45, 2.75) is 19.4 Å². The predicted molar refractivity (Wildman–Crippen MR) is 72.8 cm³/mol. The zero-order chi connectivity index (χ0) is 14.7. The van der Waals surface area contributed by atoms with E-state index >= 15 is 0 Å². The lowest BCUT2D eigenvalue weighted by Gasteiger charge is -2.13. The standard InChI is InChI=1S/C16H16F2O2/c1-10-5-12(9-13(17)6-10)15(19)8-11-3-4-16(20-2)14(18)7-11/h3-7,9,15,19H,8H2,1-2H3. The van der Waals surface area contributed by atoms with Crippen molar-refractivity contribution in [2.24, 2.45) is 0 Å². The molecule has 2 rings (SSSR count). The summed E-state index contributed by atoms with van der Waals surface area (Å²) in [5.74, 6) is -0.711. The molecule has 0 saturated heterocycles. The summed E-state index contributed by atoms with van der Waals surface area (Å²) in [7, 11) is 1.39. The minimum absolute atomic E-state index is 0.157. The van der Waals surface area contributed by atoms with Crippen LogP contribution in [-0.4, -0.2) is 12.2 Å². The van der Waals surface area contributed by atoms with E-state index < -0.39 is 11.9 Å². The topological polar surface area (TPSA) is 29.5 Å². The number of hydrogen-bond donors (Lipinski definition) is 1. The van der Waals surface area contributed by atoms with Crippen LogP contribution in [0.5, 0.6) is 5.75 Å². The van der Waals surface area contributed by atoms with E-state index in [4.69, 9.17) is 4.74 Å². The molecule has 0 fully saturated rings. The Morgan fingerprint density at radius 3 is 2.50 bits per heavy atom. The van der Waals surface area contributed by atoms with Gasteiger partial charge in [-0.05, 0) is 47.9 Å². The minimum Gasteiger partial charge on any atom is -0.494 e. The predicted octanol–water partition coefficient (Wildman–Crippen LogP) is 3.56. The van der Waals surface area contributed by atoms with Crippen molar-refractivity contribution in [3.8, 4) is 5.75 Å². The molecule has 106 valence electrons. The second kappa shape index (κ2) is 6.01. The number of halogens is 2. The molecule has 0 aliphatic heterocycles. The summed E-state index contributed by atoms with van der Waals surface area (Å²) in [5.41, 5.74) is 1.84. The Labute approximate surface area is 116 Å². The number of methoxy groups -OCH3 is 1. The van der Waals surface area contributed by atoms with Crippen LogP contribution in [0.3, 0.4) is 0 Å². The van der Waals surface area contributed by atoms with Crippen molar-refractivity contribution < 1.29 is 18.6 Å². The molecule has 0 radical (unpaired) electrons. The smallest absolute Gasteiger partial charge is 0.165 e. The highest BCUT2D eigenvalue weighted by Gasteiger charge is 2.12. The first-order chi connectivity index (χ1) is 9.49. The molecule has 0 amide bonds. The lowest BCUT2D eigenvalue weighted by molar-refractivity contribution is 0.178. The van der Waals surface area contributed by atoms with Crippen LogP contribution in [0.15, 0.2) is 36.4 Å². The summed E-state index contributed by atoms with van der Waals surface area (Å²) >= 11 is 0. The van der Waals surface area contributed by atoms with Crippen LogP contribution >= 0.6 is 0 Å². The maximum Gasteiger partial charge on any atom is 0.165 e. The lowest BCUT2D eigenvalue weighted by Crippen LogP contribution is -2.03. The zero-order valence-corrected chi connectivity index (χ0v) is 11.4. The van der Waals surface area contributed by atoms with Gasteiger partial charge in [-0.15, -0.1) is 0 Å². The second-order valence-electron chi connectivity index (χ2n) is 4.75. The fourth-order valence-corrected chi connectivity index (χ4v) is 2.13. The number of aryl methyl sites for hydroxylation is 1. The van der Waals surface area contributed by atoms with Crippen LogP contribution in [0.2, 0.25) is 0 Å². The molecule has 0 aromatic heterocycles. The molecule has 0 saturated carbocycles. The Bertz CT molecular complexity index is 591.